The summed E-state index contributed by atoms with van der Waals surface area (Å²) >= 11 is 1.18. The molecule has 0 aliphatic carbocycles. The SMILES string of the molecule is NCCCCc1cccc2oc(=O)sc12. The van der Waals surface area contributed by atoms with Crippen LogP contribution in [0.4, 0.5) is 0 Å². The van der Waals surface area contributed by atoms with Crippen LogP contribution >= 0.6 is 11.3 Å². The van der Waals surface area contributed by atoms with Gasteiger partial charge in [0.25, 0.3) is 0 Å². The molecule has 1 aromatic heterocycles. The number of unbranched alkanes of at least 4 members (excludes halogenated alkanes) is 1. The van der Waals surface area contributed by atoms with Crippen molar-refractivity contribution in [2.24, 2.45) is 5.73 Å². The molecule has 0 spiro atoms. The Morgan fingerprint density at radius 3 is 3.00 bits per heavy atom. The smallest absolute Gasteiger partial charge is 0.396 e. The zero-order valence-corrected chi connectivity index (χ0v) is 9.18. The van der Waals surface area contributed by atoms with E-state index in [4.69, 9.17) is 10.2 Å². The molecule has 80 valence electrons. The van der Waals surface area contributed by atoms with Crippen LogP contribution in [0, 0.1) is 0 Å². The van der Waals surface area contributed by atoms with Gasteiger partial charge in [0.15, 0.2) is 0 Å². The molecule has 0 saturated heterocycles. The minimum absolute atomic E-state index is 0.226. The van der Waals surface area contributed by atoms with E-state index in [0.29, 0.717) is 5.58 Å². The van der Waals surface area contributed by atoms with Gasteiger partial charge in [0, 0.05) is 0 Å². The molecule has 0 bridgehead atoms. The molecule has 4 heteroatoms. The van der Waals surface area contributed by atoms with Crippen molar-refractivity contribution < 1.29 is 4.42 Å². The van der Waals surface area contributed by atoms with Crippen LogP contribution in [0.15, 0.2) is 27.4 Å². The third-order valence-corrected chi connectivity index (χ3v) is 3.26. The molecule has 15 heavy (non-hydrogen) atoms. The lowest BCUT2D eigenvalue weighted by Gasteiger charge is -2.00. The van der Waals surface area contributed by atoms with Gasteiger partial charge in [-0.2, -0.15) is 0 Å². The van der Waals surface area contributed by atoms with E-state index in [2.05, 4.69) is 0 Å². The summed E-state index contributed by atoms with van der Waals surface area (Å²) < 4.78 is 6.04. The Hall–Kier alpha value is -1.13. The van der Waals surface area contributed by atoms with Crippen LogP contribution < -0.4 is 10.7 Å². The summed E-state index contributed by atoms with van der Waals surface area (Å²) in [5.41, 5.74) is 7.34. The number of hydrogen-bond donors (Lipinski definition) is 1. The molecule has 2 rings (SSSR count). The van der Waals surface area contributed by atoms with Crippen LogP contribution in [-0.4, -0.2) is 6.54 Å². The van der Waals surface area contributed by atoms with E-state index < -0.39 is 0 Å². The van der Waals surface area contributed by atoms with Crippen molar-refractivity contribution >= 4 is 21.6 Å². The molecular formula is C11H13NO2S. The van der Waals surface area contributed by atoms with Crippen molar-refractivity contribution in [3.05, 3.63) is 33.5 Å². The highest BCUT2D eigenvalue weighted by Gasteiger charge is 2.06. The number of nitrogens with two attached hydrogens (primary N) is 1. The Morgan fingerprint density at radius 1 is 1.33 bits per heavy atom. The summed E-state index contributed by atoms with van der Waals surface area (Å²) in [5, 5.41) is 0. The molecular weight excluding hydrogens is 210 g/mol. The number of aryl methyl sites for hydroxylation is 1. The fraction of sp³-hybridized carbons (Fsp3) is 0.364. The summed E-state index contributed by atoms with van der Waals surface area (Å²) in [7, 11) is 0. The van der Waals surface area contributed by atoms with Crippen molar-refractivity contribution in [2.75, 3.05) is 6.54 Å². The van der Waals surface area contributed by atoms with Gasteiger partial charge in [0.2, 0.25) is 0 Å². The van der Waals surface area contributed by atoms with E-state index in [1.807, 2.05) is 18.2 Å². The molecule has 0 atom stereocenters. The first-order valence-corrected chi connectivity index (χ1v) is 5.84. The van der Waals surface area contributed by atoms with Crippen molar-refractivity contribution in [1.82, 2.24) is 0 Å². The van der Waals surface area contributed by atoms with E-state index in [9.17, 15) is 4.79 Å². The molecule has 0 unspecified atom stereocenters. The molecule has 0 aliphatic rings. The molecule has 2 N–H and O–H groups in total. The number of benzene rings is 1. The number of hydrogen-bond acceptors (Lipinski definition) is 4. The average Bonchev–Trinajstić information content (AvgIpc) is 2.59. The van der Waals surface area contributed by atoms with E-state index in [0.717, 1.165) is 30.5 Å². The second kappa shape index (κ2) is 4.59. The maximum atomic E-state index is 11.1. The van der Waals surface area contributed by atoms with Crippen LogP contribution in [-0.2, 0) is 6.42 Å². The highest BCUT2D eigenvalue weighted by molar-refractivity contribution is 7.16. The van der Waals surface area contributed by atoms with Gasteiger partial charge in [-0.1, -0.05) is 23.5 Å². The first kappa shape index (κ1) is 10.4. The molecule has 2 aromatic rings. The summed E-state index contributed by atoms with van der Waals surface area (Å²) in [6.07, 6.45) is 3.04. The van der Waals surface area contributed by atoms with Gasteiger partial charge in [0.1, 0.15) is 5.58 Å². The van der Waals surface area contributed by atoms with E-state index >= 15 is 0 Å². The quantitative estimate of drug-likeness (QED) is 0.808. The van der Waals surface area contributed by atoms with Gasteiger partial charge >= 0.3 is 4.94 Å². The zero-order chi connectivity index (χ0) is 10.7. The lowest BCUT2D eigenvalue weighted by Crippen LogP contribution is -1.98. The van der Waals surface area contributed by atoms with Crippen LogP contribution in [0.5, 0.6) is 0 Å². The largest absolute Gasteiger partial charge is 0.414 e. The minimum atomic E-state index is -0.226. The summed E-state index contributed by atoms with van der Waals surface area (Å²) in [6, 6.07) is 5.81. The molecule has 1 aromatic carbocycles. The normalized spacial score (nSPS) is 11.0. The summed E-state index contributed by atoms with van der Waals surface area (Å²) in [6.45, 7) is 0.720. The van der Waals surface area contributed by atoms with Crippen molar-refractivity contribution in [1.29, 1.82) is 0 Å². The summed E-state index contributed by atoms with van der Waals surface area (Å²) in [4.78, 5) is 10.9. The summed E-state index contributed by atoms with van der Waals surface area (Å²) in [5.74, 6) is 0. The predicted molar refractivity (Wildman–Crippen MR) is 62.4 cm³/mol. The Labute approximate surface area is 91.5 Å². The van der Waals surface area contributed by atoms with E-state index in [1.54, 1.807) is 0 Å². The topological polar surface area (TPSA) is 56.2 Å². The maximum absolute atomic E-state index is 11.1. The molecule has 0 radical (unpaired) electrons. The second-order valence-corrected chi connectivity index (χ2v) is 4.39. The average molecular weight is 223 g/mol. The Bertz CT molecular complexity index is 501. The molecule has 0 amide bonds. The number of fused-ring (bicyclic) bond motifs is 1. The van der Waals surface area contributed by atoms with Crippen molar-refractivity contribution in [3.8, 4) is 0 Å². The highest BCUT2D eigenvalue weighted by Crippen LogP contribution is 2.22. The van der Waals surface area contributed by atoms with Gasteiger partial charge < -0.3 is 10.2 Å². The van der Waals surface area contributed by atoms with Gasteiger partial charge in [-0.3, -0.25) is 0 Å². The standard InChI is InChI=1S/C11H13NO2S/c12-7-2-1-4-8-5-3-6-9-10(8)15-11(13)14-9/h3,5-6H,1-2,4,7,12H2. The highest BCUT2D eigenvalue weighted by atomic mass is 32.1. The first-order chi connectivity index (χ1) is 7.31. The van der Waals surface area contributed by atoms with Gasteiger partial charge in [-0.15, -0.1) is 0 Å². The second-order valence-electron chi connectivity index (χ2n) is 3.44. The number of rotatable bonds is 4. The lowest BCUT2D eigenvalue weighted by atomic mass is 10.1. The lowest BCUT2D eigenvalue weighted by molar-refractivity contribution is 0.585. The molecule has 1 heterocycles. The first-order valence-electron chi connectivity index (χ1n) is 5.03. The Kier molecular flexibility index (Phi) is 3.18. The third kappa shape index (κ3) is 2.27. The molecule has 0 fully saturated rings. The maximum Gasteiger partial charge on any atom is 0.396 e. The van der Waals surface area contributed by atoms with E-state index in [1.165, 1.54) is 16.9 Å². The fourth-order valence-electron chi connectivity index (χ4n) is 1.61. The Morgan fingerprint density at radius 2 is 2.20 bits per heavy atom. The molecule has 0 saturated carbocycles. The third-order valence-electron chi connectivity index (χ3n) is 2.34. The zero-order valence-electron chi connectivity index (χ0n) is 8.36. The Balaban J connectivity index is 2.29. The van der Waals surface area contributed by atoms with Gasteiger partial charge in [-0.05, 0) is 37.4 Å². The van der Waals surface area contributed by atoms with Crippen LogP contribution in [0.25, 0.3) is 10.3 Å². The van der Waals surface area contributed by atoms with Gasteiger partial charge in [-0.25, -0.2) is 4.79 Å². The van der Waals surface area contributed by atoms with Crippen LogP contribution in [0.2, 0.25) is 0 Å². The van der Waals surface area contributed by atoms with Crippen LogP contribution in [0.3, 0.4) is 0 Å². The van der Waals surface area contributed by atoms with Crippen molar-refractivity contribution in [2.45, 2.75) is 19.3 Å². The van der Waals surface area contributed by atoms with Gasteiger partial charge in [0.05, 0.1) is 4.70 Å². The van der Waals surface area contributed by atoms with Crippen molar-refractivity contribution in [3.63, 3.8) is 0 Å². The monoisotopic (exact) mass is 223 g/mol. The minimum Gasteiger partial charge on any atom is -0.414 e. The predicted octanol–water partition coefficient (Wildman–Crippen LogP) is 2.14. The molecule has 3 nitrogen and oxygen atoms in total. The van der Waals surface area contributed by atoms with E-state index in [-0.39, 0.29) is 4.94 Å². The van der Waals surface area contributed by atoms with Crippen LogP contribution in [0.1, 0.15) is 18.4 Å². The molecule has 0 aliphatic heterocycles. The fourth-order valence-corrected chi connectivity index (χ4v) is 2.42.